The molecule has 0 aliphatic heterocycles. The van der Waals surface area contributed by atoms with Gasteiger partial charge in [0.25, 0.3) is 5.91 Å². The van der Waals surface area contributed by atoms with Crippen LogP contribution in [0.25, 0.3) is 11.0 Å². The summed E-state index contributed by atoms with van der Waals surface area (Å²) >= 11 is 6.26. The van der Waals surface area contributed by atoms with Crippen LogP contribution in [0.3, 0.4) is 0 Å². The third-order valence-corrected chi connectivity index (χ3v) is 5.14. The summed E-state index contributed by atoms with van der Waals surface area (Å²) in [5.41, 5.74) is 2.70. The van der Waals surface area contributed by atoms with Crippen LogP contribution >= 0.6 is 11.6 Å². The van der Waals surface area contributed by atoms with Crippen molar-refractivity contribution >= 4 is 39.9 Å². The van der Waals surface area contributed by atoms with E-state index in [0.29, 0.717) is 45.2 Å². The minimum atomic E-state index is -0.389. The molecule has 0 unspecified atom stereocenters. The normalized spacial score (nSPS) is 10.8. The molecule has 0 aliphatic rings. The second kappa shape index (κ2) is 8.66. The minimum Gasteiger partial charge on any atom is -0.492 e. The molecule has 1 amide bonds. The van der Waals surface area contributed by atoms with Crippen molar-refractivity contribution in [2.45, 2.75) is 13.8 Å². The maximum atomic E-state index is 13.3. The maximum absolute atomic E-state index is 13.3. The van der Waals surface area contributed by atoms with Gasteiger partial charge in [-0.15, -0.1) is 0 Å². The standard InChI is InChI=1S/C25H20ClNO4/c1-3-30-21-13-12-17(14-19(21)26)23(28)24-22(18-6-4-5-7-20(18)31-24)27-25(29)16-10-8-15(2)9-11-16/h4-14H,3H2,1-2H3,(H,27,29). The first kappa shape index (κ1) is 20.7. The number of para-hydroxylation sites is 1. The second-order valence-electron chi connectivity index (χ2n) is 7.03. The molecular formula is C25H20ClNO4. The van der Waals surface area contributed by atoms with Crippen LogP contribution in [0.1, 0.15) is 39.0 Å². The molecule has 0 fully saturated rings. The molecule has 0 saturated heterocycles. The molecule has 0 radical (unpaired) electrons. The van der Waals surface area contributed by atoms with Crippen LogP contribution in [0.5, 0.6) is 5.75 Å². The van der Waals surface area contributed by atoms with Gasteiger partial charge in [0.15, 0.2) is 5.76 Å². The summed E-state index contributed by atoms with van der Waals surface area (Å²) in [7, 11) is 0. The molecule has 6 heteroatoms. The highest BCUT2D eigenvalue weighted by Gasteiger charge is 2.24. The first-order valence-corrected chi connectivity index (χ1v) is 10.2. The lowest BCUT2D eigenvalue weighted by Gasteiger charge is -2.08. The Kier molecular flexibility index (Phi) is 5.78. The fourth-order valence-corrected chi connectivity index (χ4v) is 3.50. The van der Waals surface area contributed by atoms with E-state index in [4.69, 9.17) is 20.8 Å². The first-order valence-electron chi connectivity index (χ1n) is 9.84. The van der Waals surface area contributed by atoms with Crippen LogP contribution in [0.4, 0.5) is 5.69 Å². The Labute approximate surface area is 184 Å². The van der Waals surface area contributed by atoms with Gasteiger partial charge < -0.3 is 14.5 Å². The topological polar surface area (TPSA) is 68.5 Å². The minimum absolute atomic E-state index is 0.0434. The van der Waals surface area contributed by atoms with E-state index in [1.165, 1.54) is 6.07 Å². The summed E-state index contributed by atoms with van der Waals surface area (Å²) in [5.74, 6) is -0.175. The van der Waals surface area contributed by atoms with E-state index >= 15 is 0 Å². The number of fused-ring (bicyclic) bond motifs is 1. The average molecular weight is 434 g/mol. The summed E-state index contributed by atoms with van der Waals surface area (Å²) in [4.78, 5) is 26.1. The molecule has 5 nitrogen and oxygen atoms in total. The van der Waals surface area contributed by atoms with Gasteiger partial charge >= 0.3 is 0 Å². The van der Waals surface area contributed by atoms with Gasteiger partial charge in [0.1, 0.15) is 11.3 Å². The number of hydrogen-bond donors (Lipinski definition) is 1. The second-order valence-corrected chi connectivity index (χ2v) is 7.44. The van der Waals surface area contributed by atoms with E-state index in [9.17, 15) is 9.59 Å². The van der Waals surface area contributed by atoms with Gasteiger partial charge in [0.2, 0.25) is 5.78 Å². The van der Waals surface area contributed by atoms with Crippen LogP contribution < -0.4 is 10.1 Å². The molecule has 0 saturated carbocycles. The molecule has 31 heavy (non-hydrogen) atoms. The SMILES string of the molecule is CCOc1ccc(C(=O)c2oc3ccccc3c2NC(=O)c2ccc(C)cc2)cc1Cl. The molecule has 0 spiro atoms. The van der Waals surface area contributed by atoms with Crippen LogP contribution in [0, 0.1) is 6.92 Å². The maximum Gasteiger partial charge on any atom is 0.255 e. The Morgan fingerprint density at radius 2 is 1.71 bits per heavy atom. The zero-order chi connectivity index (χ0) is 22.0. The number of nitrogens with one attached hydrogen (secondary N) is 1. The molecule has 4 aromatic rings. The zero-order valence-corrected chi connectivity index (χ0v) is 17.8. The number of amides is 1. The van der Waals surface area contributed by atoms with Gasteiger partial charge in [-0.1, -0.05) is 41.4 Å². The number of aryl methyl sites for hydroxylation is 1. The van der Waals surface area contributed by atoms with Crippen molar-refractivity contribution in [2.75, 3.05) is 11.9 Å². The Morgan fingerprint density at radius 3 is 2.42 bits per heavy atom. The van der Waals surface area contributed by atoms with Gasteiger partial charge in [-0.2, -0.15) is 0 Å². The van der Waals surface area contributed by atoms with E-state index in [-0.39, 0.29) is 17.5 Å². The third-order valence-electron chi connectivity index (χ3n) is 4.85. The Hall–Kier alpha value is -3.57. The van der Waals surface area contributed by atoms with Gasteiger partial charge in [-0.25, -0.2) is 0 Å². The number of hydrogen-bond acceptors (Lipinski definition) is 4. The number of carbonyl (C=O) groups excluding carboxylic acids is 2. The number of halogens is 1. The Balaban J connectivity index is 1.74. The predicted molar refractivity (Wildman–Crippen MR) is 121 cm³/mol. The molecular weight excluding hydrogens is 414 g/mol. The summed E-state index contributed by atoms with van der Waals surface area (Å²) in [6, 6.07) is 19.2. The average Bonchev–Trinajstić information content (AvgIpc) is 3.13. The quantitative estimate of drug-likeness (QED) is 0.363. The molecule has 0 atom stereocenters. The number of benzene rings is 3. The van der Waals surface area contributed by atoms with Crippen LogP contribution in [-0.2, 0) is 0 Å². The number of ether oxygens (including phenoxy) is 1. The third kappa shape index (κ3) is 4.18. The van der Waals surface area contributed by atoms with Crippen molar-refractivity contribution in [3.05, 3.63) is 94.2 Å². The van der Waals surface area contributed by atoms with E-state index in [1.54, 1.807) is 42.5 Å². The number of carbonyl (C=O) groups is 2. The van der Waals surface area contributed by atoms with Gasteiger partial charge in [0.05, 0.1) is 17.3 Å². The fourth-order valence-electron chi connectivity index (χ4n) is 3.27. The van der Waals surface area contributed by atoms with E-state index in [0.717, 1.165) is 5.56 Å². The highest BCUT2D eigenvalue weighted by Crippen LogP contribution is 2.34. The number of furan rings is 1. The number of ketones is 1. The highest BCUT2D eigenvalue weighted by atomic mass is 35.5. The summed E-state index contributed by atoms with van der Waals surface area (Å²) in [5, 5.41) is 3.82. The predicted octanol–water partition coefficient (Wildman–Crippen LogP) is 6.28. The lowest BCUT2D eigenvalue weighted by Crippen LogP contribution is -2.14. The van der Waals surface area contributed by atoms with Crippen LogP contribution in [-0.4, -0.2) is 18.3 Å². The van der Waals surface area contributed by atoms with Gasteiger partial charge in [0, 0.05) is 16.5 Å². The highest BCUT2D eigenvalue weighted by molar-refractivity contribution is 6.32. The molecule has 156 valence electrons. The Bertz CT molecular complexity index is 1270. The van der Waals surface area contributed by atoms with Crippen molar-refractivity contribution in [1.29, 1.82) is 0 Å². The van der Waals surface area contributed by atoms with Crippen LogP contribution in [0.2, 0.25) is 5.02 Å². The molecule has 1 N–H and O–H groups in total. The summed E-state index contributed by atoms with van der Waals surface area (Å²) in [6.45, 7) is 4.27. The molecule has 0 bridgehead atoms. The lowest BCUT2D eigenvalue weighted by atomic mass is 10.1. The summed E-state index contributed by atoms with van der Waals surface area (Å²) in [6.07, 6.45) is 0. The van der Waals surface area contributed by atoms with E-state index < -0.39 is 0 Å². The van der Waals surface area contributed by atoms with E-state index in [1.807, 2.05) is 32.0 Å². The van der Waals surface area contributed by atoms with Gasteiger partial charge in [-0.05, 0) is 56.3 Å². The van der Waals surface area contributed by atoms with Crippen molar-refractivity contribution < 1.29 is 18.7 Å². The van der Waals surface area contributed by atoms with E-state index in [2.05, 4.69) is 5.32 Å². The number of rotatable bonds is 6. The van der Waals surface area contributed by atoms with Crippen LogP contribution in [0.15, 0.2) is 71.1 Å². The molecule has 4 rings (SSSR count). The molecule has 0 aliphatic carbocycles. The molecule has 1 heterocycles. The van der Waals surface area contributed by atoms with Crippen molar-refractivity contribution in [3.63, 3.8) is 0 Å². The fraction of sp³-hybridized carbons (Fsp3) is 0.120. The summed E-state index contributed by atoms with van der Waals surface area (Å²) < 4.78 is 11.3. The zero-order valence-electron chi connectivity index (χ0n) is 17.1. The Morgan fingerprint density at radius 1 is 1.00 bits per heavy atom. The van der Waals surface area contributed by atoms with Crippen molar-refractivity contribution in [1.82, 2.24) is 0 Å². The van der Waals surface area contributed by atoms with Crippen molar-refractivity contribution in [2.24, 2.45) is 0 Å². The molecule has 3 aromatic carbocycles. The lowest BCUT2D eigenvalue weighted by molar-refractivity contribution is 0.101. The van der Waals surface area contributed by atoms with Gasteiger partial charge in [-0.3, -0.25) is 9.59 Å². The smallest absolute Gasteiger partial charge is 0.255 e. The number of anilines is 1. The van der Waals surface area contributed by atoms with Crippen molar-refractivity contribution in [3.8, 4) is 5.75 Å². The molecule has 1 aromatic heterocycles. The largest absolute Gasteiger partial charge is 0.492 e. The monoisotopic (exact) mass is 433 g/mol. The first-order chi connectivity index (χ1) is 15.0.